The quantitative estimate of drug-likeness (QED) is 0.269. The maximum absolute atomic E-state index is 13.8. The second-order valence-corrected chi connectivity index (χ2v) is 9.87. The van der Waals surface area contributed by atoms with Crippen LogP contribution in [0, 0.1) is 17.6 Å². The summed E-state index contributed by atoms with van der Waals surface area (Å²) in [7, 11) is 0. The molecule has 0 spiro atoms. The summed E-state index contributed by atoms with van der Waals surface area (Å²) in [6, 6.07) is 19.8. The Morgan fingerprint density at radius 1 is 0.917 bits per heavy atom. The normalized spacial score (nSPS) is 23.6. The molecule has 5 nitrogen and oxygen atoms in total. The van der Waals surface area contributed by atoms with E-state index in [9.17, 15) is 18.4 Å². The van der Waals surface area contributed by atoms with E-state index in [-0.39, 0.29) is 17.8 Å². The van der Waals surface area contributed by atoms with Gasteiger partial charge < -0.3 is 14.5 Å². The van der Waals surface area contributed by atoms with Crippen LogP contribution in [0.15, 0.2) is 78.9 Å². The molecule has 2 atom stereocenters. The van der Waals surface area contributed by atoms with Gasteiger partial charge in [-0.3, -0.25) is 4.79 Å². The SMILES string of the molecule is O=C(C[N+]12CCC(CC1)[C@@H](OC(=O)C(Nc1cccc(F)c1)c1ccc(F)cc1)C2)c1ccccc1. The van der Waals surface area contributed by atoms with Gasteiger partial charge in [-0.2, -0.15) is 0 Å². The number of esters is 1. The fraction of sp³-hybridized carbons (Fsp3) is 0.310. The molecule has 3 aliphatic heterocycles. The molecule has 0 aromatic heterocycles. The molecule has 0 aliphatic carbocycles. The first-order chi connectivity index (χ1) is 17.4. The molecule has 3 fully saturated rings. The highest BCUT2D eigenvalue weighted by molar-refractivity contribution is 5.97. The monoisotopic (exact) mass is 491 g/mol. The summed E-state index contributed by atoms with van der Waals surface area (Å²) >= 11 is 0. The molecule has 3 heterocycles. The largest absolute Gasteiger partial charge is 0.454 e. The molecular weight excluding hydrogens is 462 g/mol. The number of quaternary nitrogens is 1. The highest BCUT2D eigenvalue weighted by Gasteiger charge is 2.49. The van der Waals surface area contributed by atoms with E-state index in [0.717, 1.165) is 25.9 Å². The Bertz CT molecular complexity index is 1220. The molecule has 0 saturated carbocycles. The average molecular weight is 492 g/mol. The van der Waals surface area contributed by atoms with Crippen LogP contribution in [0.5, 0.6) is 0 Å². The number of nitrogens with one attached hydrogen (secondary N) is 1. The molecule has 1 unspecified atom stereocenters. The van der Waals surface area contributed by atoms with Crippen LogP contribution in [0.1, 0.15) is 34.8 Å². The van der Waals surface area contributed by atoms with E-state index < -0.39 is 23.6 Å². The van der Waals surface area contributed by atoms with Crippen LogP contribution in [0.3, 0.4) is 0 Å². The van der Waals surface area contributed by atoms with Crippen molar-refractivity contribution in [3.8, 4) is 0 Å². The number of piperidine rings is 3. The smallest absolute Gasteiger partial charge is 0.333 e. The van der Waals surface area contributed by atoms with Crippen molar-refractivity contribution in [3.63, 3.8) is 0 Å². The number of hydrogen-bond acceptors (Lipinski definition) is 4. The van der Waals surface area contributed by atoms with Crippen molar-refractivity contribution in [1.82, 2.24) is 0 Å². The third-order valence-electron chi connectivity index (χ3n) is 7.46. The summed E-state index contributed by atoms with van der Waals surface area (Å²) in [5.74, 6) is -1.01. The van der Waals surface area contributed by atoms with Crippen molar-refractivity contribution < 1.29 is 27.6 Å². The van der Waals surface area contributed by atoms with Gasteiger partial charge >= 0.3 is 5.97 Å². The third kappa shape index (κ3) is 5.31. The first-order valence-electron chi connectivity index (χ1n) is 12.3. The van der Waals surface area contributed by atoms with Crippen LogP contribution in [0.25, 0.3) is 0 Å². The van der Waals surface area contributed by atoms with Crippen molar-refractivity contribution >= 4 is 17.4 Å². The molecular formula is C29H29F2N2O3+. The number of carbonyl (C=O) groups is 2. The van der Waals surface area contributed by atoms with Gasteiger partial charge in [-0.15, -0.1) is 0 Å². The van der Waals surface area contributed by atoms with E-state index >= 15 is 0 Å². The molecule has 1 N–H and O–H groups in total. The zero-order valence-corrected chi connectivity index (χ0v) is 19.9. The zero-order valence-electron chi connectivity index (χ0n) is 19.9. The Kier molecular flexibility index (Phi) is 6.83. The first-order valence-corrected chi connectivity index (χ1v) is 12.3. The molecule has 0 radical (unpaired) electrons. The number of rotatable bonds is 8. The predicted molar refractivity (Wildman–Crippen MR) is 132 cm³/mol. The third-order valence-corrected chi connectivity index (χ3v) is 7.46. The molecule has 3 aromatic rings. The van der Waals surface area contributed by atoms with Crippen molar-refractivity contribution in [3.05, 3.63) is 102 Å². The molecule has 3 aromatic carbocycles. The Morgan fingerprint density at radius 2 is 1.64 bits per heavy atom. The van der Waals surface area contributed by atoms with Crippen molar-refractivity contribution in [2.24, 2.45) is 5.92 Å². The number of nitrogens with zero attached hydrogens (tertiary/aromatic N) is 1. The average Bonchev–Trinajstić information content (AvgIpc) is 2.89. The maximum Gasteiger partial charge on any atom is 0.333 e. The van der Waals surface area contributed by atoms with E-state index in [4.69, 9.17) is 4.74 Å². The van der Waals surface area contributed by atoms with E-state index in [1.54, 1.807) is 12.1 Å². The highest BCUT2D eigenvalue weighted by Crippen LogP contribution is 2.37. The summed E-state index contributed by atoms with van der Waals surface area (Å²) in [6.07, 6.45) is 1.46. The number of hydrogen-bond donors (Lipinski definition) is 1. The van der Waals surface area contributed by atoms with E-state index in [1.807, 2.05) is 30.3 Å². The van der Waals surface area contributed by atoms with E-state index in [2.05, 4.69) is 5.32 Å². The van der Waals surface area contributed by atoms with E-state index in [1.165, 1.54) is 36.4 Å². The fourth-order valence-corrected chi connectivity index (χ4v) is 5.49. The molecule has 0 amide bonds. The lowest BCUT2D eigenvalue weighted by Crippen LogP contribution is -2.65. The Hall–Kier alpha value is -3.58. The van der Waals surface area contributed by atoms with Crippen molar-refractivity contribution in [1.29, 1.82) is 0 Å². The molecule has 3 saturated heterocycles. The van der Waals surface area contributed by atoms with Crippen LogP contribution < -0.4 is 5.32 Å². The van der Waals surface area contributed by atoms with Gasteiger partial charge in [0.05, 0.1) is 13.1 Å². The molecule has 2 bridgehead atoms. The Balaban J connectivity index is 1.33. The Morgan fingerprint density at radius 3 is 2.33 bits per heavy atom. The number of carbonyl (C=O) groups excluding carboxylic acids is 2. The lowest BCUT2D eigenvalue weighted by atomic mass is 9.82. The minimum absolute atomic E-state index is 0.0954. The standard InChI is InChI=1S/C29H29F2N2O3/c30-23-11-9-22(10-12-23)28(32-25-8-4-7-24(31)17-25)29(35)36-27-19-33(15-13-21(27)14-16-33)18-26(34)20-5-2-1-3-6-20/h1-12,17,21,27-28,32H,13-16,18-19H2/q+1/t21?,27-,28?,33?/m0/s1. The van der Waals surface area contributed by atoms with Crippen LogP contribution in [-0.2, 0) is 9.53 Å². The molecule has 3 aliphatic rings. The number of ketones is 1. The van der Waals surface area contributed by atoms with Crippen LogP contribution in [-0.4, -0.2) is 48.5 Å². The summed E-state index contributed by atoms with van der Waals surface area (Å²) < 4.78 is 34.0. The minimum Gasteiger partial charge on any atom is -0.454 e. The number of fused-ring (bicyclic) bond motifs is 3. The Labute approximate surface area is 209 Å². The van der Waals surface area contributed by atoms with Crippen molar-refractivity contribution in [2.45, 2.75) is 25.0 Å². The number of halogens is 2. The number of benzene rings is 3. The highest BCUT2D eigenvalue weighted by atomic mass is 19.1. The van der Waals surface area contributed by atoms with Gasteiger partial charge in [0.15, 0.2) is 12.1 Å². The second kappa shape index (κ2) is 10.2. The molecule has 36 heavy (non-hydrogen) atoms. The van der Waals surface area contributed by atoms with Crippen LogP contribution in [0.2, 0.25) is 0 Å². The van der Waals surface area contributed by atoms with Gasteiger partial charge in [-0.1, -0.05) is 48.5 Å². The molecule has 6 rings (SSSR count). The van der Waals surface area contributed by atoms with Crippen molar-refractivity contribution in [2.75, 3.05) is 31.5 Å². The number of anilines is 1. The topological polar surface area (TPSA) is 55.4 Å². The van der Waals surface area contributed by atoms with Gasteiger partial charge in [0, 0.05) is 30.0 Å². The fourth-order valence-electron chi connectivity index (χ4n) is 5.49. The predicted octanol–water partition coefficient (Wildman–Crippen LogP) is 5.15. The summed E-state index contributed by atoms with van der Waals surface area (Å²) in [4.78, 5) is 26.4. The zero-order chi connectivity index (χ0) is 25.1. The summed E-state index contributed by atoms with van der Waals surface area (Å²) in [5.41, 5.74) is 1.64. The summed E-state index contributed by atoms with van der Waals surface area (Å²) in [5, 5.41) is 3.06. The summed E-state index contributed by atoms with van der Waals surface area (Å²) in [6.45, 7) is 2.75. The maximum atomic E-state index is 13.8. The van der Waals surface area contributed by atoms with Gasteiger partial charge in [-0.05, 0) is 35.9 Å². The first kappa shape index (κ1) is 24.1. The van der Waals surface area contributed by atoms with E-state index in [0.29, 0.717) is 34.4 Å². The van der Waals surface area contributed by atoms with Crippen LogP contribution >= 0.6 is 0 Å². The minimum atomic E-state index is -0.928. The van der Waals surface area contributed by atoms with Gasteiger partial charge in [0.2, 0.25) is 5.78 Å². The lowest BCUT2D eigenvalue weighted by Gasteiger charge is -2.51. The second-order valence-electron chi connectivity index (χ2n) is 9.87. The van der Waals surface area contributed by atoms with Gasteiger partial charge in [-0.25, -0.2) is 13.6 Å². The van der Waals surface area contributed by atoms with Gasteiger partial charge in [0.25, 0.3) is 0 Å². The molecule has 7 heteroatoms. The lowest BCUT2D eigenvalue weighted by molar-refractivity contribution is -0.938. The van der Waals surface area contributed by atoms with Crippen LogP contribution in [0.4, 0.5) is 14.5 Å². The number of Topliss-reactive ketones (excluding diaryl/α,β-unsaturated/α-hetero) is 1. The number of ether oxygens (including phenoxy) is 1. The molecule has 186 valence electrons. The van der Waals surface area contributed by atoms with Gasteiger partial charge in [0.1, 0.15) is 24.7 Å².